The quantitative estimate of drug-likeness (QED) is 0.383. The maximum absolute atomic E-state index is 12.6. The van der Waals surface area contributed by atoms with Gasteiger partial charge in [0.15, 0.2) is 5.78 Å². The smallest absolute Gasteiger partial charge is 0.389 e. The van der Waals surface area contributed by atoms with Gasteiger partial charge in [-0.15, -0.1) is 0 Å². The SMILES string of the molecule is COc1cc(-c2cnc3cc(-c4cnn(C)c4)ccn23)cc(C)c1C(=O)CCC(F)(F)F. The Morgan fingerprint density at radius 1 is 1.12 bits per heavy atom. The van der Waals surface area contributed by atoms with Crippen LogP contribution < -0.4 is 4.74 Å². The van der Waals surface area contributed by atoms with Crippen LogP contribution in [0.25, 0.3) is 28.0 Å². The molecule has 166 valence electrons. The van der Waals surface area contributed by atoms with E-state index in [1.807, 2.05) is 36.0 Å². The van der Waals surface area contributed by atoms with Crippen LogP contribution in [0.3, 0.4) is 0 Å². The standard InChI is InChI=1S/C23H21F3N4O2/c1-14-8-16(9-20(32-3)22(14)19(31)4-6-23(24,25)26)18-12-27-21-10-15(5-7-30(18)21)17-11-28-29(2)13-17/h5,7-13H,4,6H2,1-3H3. The number of alkyl halides is 3. The minimum atomic E-state index is -4.39. The summed E-state index contributed by atoms with van der Waals surface area (Å²) in [5.74, 6) is -0.350. The number of aryl methyl sites for hydroxylation is 2. The van der Waals surface area contributed by atoms with Crippen molar-refractivity contribution in [3.8, 4) is 28.1 Å². The van der Waals surface area contributed by atoms with Crippen LogP contribution in [0.4, 0.5) is 13.2 Å². The van der Waals surface area contributed by atoms with Crippen molar-refractivity contribution in [3.05, 3.63) is 60.2 Å². The Morgan fingerprint density at radius 3 is 2.56 bits per heavy atom. The van der Waals surface area contributed by atoms with Crippen LogP contribution in [0.5, 0.6) is 5.75 Å². The molecule has 0 aliphatic rings. The first kappa shape index (κ1) is 21.6. The number of rotatable bonds is 6. The van der Waals surface area contributed by atoms with Crippen molar-refractivity contribution in [2.75, 3.05) is 7.11 Å². The number of imidazole rings is 1. The molecule has 0 bridgehead atoms. The van der Waals surface area contributed by atoms with Gasteiger partial charge in [-0.2, -0.15) is 18.3 Å². The third-order valence-corrected chi connectivity index (χ3v) is 5.28. The van der Waals surface area contributed by atoms with Crippen LogP contribution in [0, 0.1) is 6.92 Å². The average molecular weight is 442 g/mol. The number of halogens is 3. The zero-order valence-corrected chi connectivity index (χ0v) is 17.8. The molecule has 4 rings (SSSR count). The number of pyridine rings is 1. The van der Waals surface area contributed by atoms with Crippen LogP contribution in [0.15, 0.2) is 49.1 Å². The fraction of sp³-hybridized carbons (Fsp3) is 0.261. The number of carbonyl (C=O) groups is 1. The van der Waals surface area contributed by atoms with Gasteiger partial charge in [0, 0.05) is 37.0 Å². The Labute approximate surface area is 182 Å². The first-order chi connectivity index (χ1) is 15.2. The molecule has 0 spiro atoms. The van der Waals surface area contributed by atoms with Crippen molar-refractivity contribution in [3.63, 3.8) is 0 Å². The molecular weight excluding hydrogens is 421 g/mol. The van der Waals surface area contributed by atoms with Crippen molar-refractivity contribution in [2.24, 2.45) is 7.05 Å². The molecule has 9 heteroatoms. The molecule has 0 saturated heterocycles. The second kappa shape index (κ2) is 8.14. The molecule has 0 aliphatic heterocycles. The molecule has 0 N–H and O–H groups in total. The molecule has 0 radical (unpaired) electrons. The van der Waals surface area contributed by atoms with E-state index in [0.717, 1.165) is 28.0 Å². The number of nitrogens with zero attached hydrogens (tertiary/aromatic N) is 4. The van der Waals surface area contributed by atoms with Gasteiger partial charge in [0.1, 0.15) is 11.4 Å². The van der Waals surface area contributed by atoms with Crippen LogP contribution >= 0.6 is 0 Å². The van der Waals surface area contributed by atoms with E-state index < -0.39 is 24.8 Å². The number of hydrogen-bond acceptors (Lipinski definition) is 4. The summed E-state index contributed by atoms with van der Waals surface area (Å²) in [6.45, 7) is 1.69. The Morgan fingerprint density at radius 2 is 1.91 bits per heavy atom. The minimum absolute atomic E-state index is 0.174. The van der Waals surface area contributed by atoms with Gasteiger partial charge in [-0.3, -0.25) is 13.9 Å². The average Bonchev–Trinajstić information content (AvgIpc) is 3.36. The Bertz CT molecular complexity index is 1300. The van der Waals surface area contributed by atoms with Crippen molar-refractivity contribution in [1.82, 2.24) is 19.2 Å². The highest BCUT2D eigenvalue weighted by Crippen LogP contribution is 2.33. The topological polar surface area (TPSA) is 61.4 Å². The fourth-order valence-electron chi connectivity index (χ4n) is 3.75. The Balaban J connectivity index is 1.70. The molecule has 0 unspecified atom stereocenters. The highest BCUT2D eigenvalue weighted by atomic mass is 19.4. The third kappa shape index (κ3) is 4.23. The first-order valence-corrected chi connectivity index (χ1v) is 9.91. The maximum Gasteiger partial charge on any atom is 0.389 e. The number of ether oxygens (including phenoxy) is 1. The lowest BCUT2D eigenvalue weighted by Gasteiger charge is -2.14. The second-order valence-electron chi connectivity index (χ2n) is 7.60. The number of methoxy groups -OCH3 is 1. The van der Waals surface area contributed by atoms with E-state index in [-0.39, 0.29) is 11.3 Å². The van der Waals surface area contributed by atoms with Crippen LogP contribution in [-0.4, -0.2) is 38.2 Å². The van der Waals surface area contributed by atoms with Gasteiger partial charge < -0.3 is 4.74 Å². The summed E-state index contributed by atoms with van der Waals surface area (Å²) in [6, 6.07) is 7.32. The van der Waals surface area contributed by atoms with E-state index in [1.165, 1.54) is 7.11 Å². The monoisotopic (exact) mass is 442 g/mol. The summed E-state index contributed by atoms with van der Waals surface area (Å²) in [7, 11) is 3.25. The molecule has 6 nitrogen and oxygen atoms in total. The Kier molecular flexibility index (Phi) is 5.50. The van der Waals surface area contributed by atoms with Crippen LogP contribution in [0.1, 0.15) is 28.8 Å². The van der Waals surface area contributed by atoms with Gasteiger partial charge in [0.2, 0.25) is 0 Å². The molecule has 3 aromatic heterocycles. The number of Topliss-reactive ketones (excluding diaryl/α,β-unsaturated/α-hetero) is 1. The highest BCUT2D eigenvalue weighted by molar-refractivity contribution is 6.00. The first-order valence-electron chi connectivity index (χ1n) is 9.91. The molecule has 3 heterocycles. The van der Waals surface area contributed by atoms with Crippen molar-refractivity contribution < 1.29 is 22.7 Å². The lowest BCUT2D eigenvalue weighted by Crippen LogP contribution is -2.12. The molecule has 1 aromatic carbocycles. The number of hydrogen-bond donors (Lipinski definition) is 0. The van der Waals surface area contributed by atoms with Crippen molar-refractivity contribution in [1.29, 1.82) is 0 Å². The molecule has 0 aliphatic carbocycles. The van der Waals surface area contributed by atoms with Crippen molar-refractivity contribution >= 4 is 11.4 Å². The summed E-state index contributed by atoms with van der Waals surface area (Å²) in [4.78, 5) is 17.0. The van der Waals surface area contributed by atoms with Gasteiger partial charge >= 0.3 is 6.18 Å². The molecule has 0 atom stereocenters. The maximum atomic E-state index is 12.6. The summed E-state index contributed by atoms with van der Waals surface area (Å²) in [6.07, 6.45) is 1.13. The fourth-order valence-corrected chi connectivity index (χ4v) is 3.75. The second-order valence-corrected chi connectivity index (χ2v) is 7.60. The molecular formula is C23H21F3N4O2. The molecule has 32 heavy (non-hydrogen) atoms. The molecule has 4 aromatic rings. The zero-order chi connectivity index (χ0) is 23.0. The van der Waals surface area contributed by atoms with Crippen LogP contribution in [-0.2, 0) is 7.05 Å². The molecule has 0 saturated carbocycles. The summed E-state index contributed by atoms with van der Waals surface area (Å²) < 4.78 is 46.7. The highest BCUT2D eigenvalue weighted by Gasteiger charge is 2.29. The lowest BCUT2D eigenvalue weighted by atomic mass is 9.96. The number of aromatic nitrogens is 4. The summed E-state index contributed by atoms with van der Waals surface area (Å²) in [5.41, 5.74) is 4.91. The largest absolute Gasteiger partial charge is 0.496 e. The summed E-state index contributed by atoms with van der Waals surface area (Å²) >= 11 is 0. The number of fused-ring (bicyclic) bond motifs is 1. The van der Waals surface area contributed by atoms with Gasteiger partial charge in [-0.25, -0.2) is 4.98 Å². The van der Waals surface area contributed by atoms with Gasteiger partial charge in [-0.05, 0) is 42.3 Å². The van der Waals surface area contributed by atoms with Gasteiger partial charge in [-0.1, -0.05) is 0 Å². The minimum Gasteiger partial charge on any atom is -0.496 e. The van der Waals surface area contributed by atoms with E-state index in [2.05, 4.69) is 10.1 Å². The number of benzene rings is 1. The molecule has 0 amide bonds. The van der Waals surface area contributed by atoms with E-state index in [9.17, 15) is 18.0 Å². The zero-order valence-electron chi connectivity index (χ0n) is 17.8. The van der Waals surface area contributed by atoms with E-state index in [4.69, 9.17) is 4.74 Å². The van der Waals surface area contributed by atoms with E-state index in [0.29, 0.717) is 5.56 Å². The van der Waals surface area contributed by atoms with E-state index in [1.54, 1.807) is 36.1 Å². The van der Waals surface area contributed by atoms with Crippen molar-refractivity contribution in [2.45, 2.75) is 25.9 Å². The van der Waals surface area contributed by atoms with Gasteiger partial charge in [0.05, 0.1) is 37.2 Å². The summed E-state index contributed by atoms with van der Waals surface area (Å²) in [5, 5.41) is 4.19. The predicted octanol–water partition coefficient (Wildman–Crippen LogP) is 5.24. The normalized spacial score (nSPS) is 11.8. The molecule has 0 fully saturated rings. The van der Waals surface area contributed by atoms with E-state index >= 15 is 0 Å². The Hall–Kier alpha value is -3.62. The number of carbonyl (C=O) groups excluding carboxylic acids is 1. The van der Waals surface area contributed by atoms with Gasteiger partial charge in [0.25, 0.3) is 0 Å². The predicted molar refractivity (Wildman–Crippen MR) is 114 cm³/mol. The van der Waals surface area contributed by atoms with Crippen LogP contribution in [0.2, 0.25) is 0 Å². The lowest BCUT2D eigenvalue weighted by molar-refractivity contribution is -0.133. The third-order valence-electron chi connectivity index (χ3n) is 5.28. The number of ketones is 1.